The van der Waals surface area contributed by atoms with Gasteiger partial charge in [-0.25, -0.2) is 4.39 Å². The lowest BCUT2D eigenvalue weighted by Crippen LogP contribution is -2.33. The second kappa shape index (κ2) is 12.5. The lowest BCUT2D eigenvalue weighted by molar-refractivity contribution is -0.140. The smallest absolute Gasteiger partial charge is 0.419 e. The van der Waals surface area contributed by atoms with Crippen molar-refractivity contribution in [2.75, 3.05) is 7.11 Å². The van der Waals surface area contributed by atoms with Gasteiger partial charge < -0.3 is 14.8 Å². The number of fused-ring (bicyclic) bond motifs is 1. The lowest BCUT2D eigenvalue weighted by Gasteiger charge is -2.33. The van der Waals surface area contributed by atoms with Crippen LogP contribution in [-0.2, 0) is 12.7 Å². The van der Waals surface area contributed by atoms with Crippen molar-refractivity contribution < 1.29 is 27.0 Å². The first-order chi connectivity index (χ1) is 15.3. The van der Waals surface area contributed by atoms with Crippen molar-refractivity contribution in [2.24, 2.45) is 0 Å². The van der Waals surface area contributed by atoms with Crippen LogP contribution in [0.2, 0.25) is 0 Å². The maximum absolute atomic E-state index is 13.9. The minimum absolute atomic E-state index is 0. The molecule has 2 unspecified atom stereocenters. The van der Waals surface area contributed by atoms with Gasteiger partial charge in [0.2, 0.25) is 0 Å². The third kappa shape index (κ3) is 7.51. The molecule has 1 heterocycles. The minimum Gasteiger partial charge on any atom is -0.497 e. The van der Waals surface area contributed by atoms with Gasteiger partial charge >= 0.3 is 6.18 Å². The molecule has 0 saturated carbocycles. The van der Waals surface area contributed by atoms with Gasteiger partial charge in [-0.3, -0.25) is 0 Å². The van der Waals surface area contributed by atoms with Crippen LogP contribution in [0.25, 0.3) is 0 Å². The molecule has 0 radical (unpaired) electrons. The molecule has 2 aromatic rings. The summed E-state index contributed by atoms with van der Waals surface area (Å²) in [6, 6.07) is 8.69. The zero-order chi connectivity index (χ0) is 23.1. The highest BCUT2D eigenvalue weighted by Gasteiger charge is 2.34. The Balaban J connectivity index is 0.00000385. The molecule has 33 heavy (non-hydrogen) atoms. The number of halogens is 5. The van der Waals surface area contributed by atoms with Crippen molar-refractivity contribution in [3.8, 4) is 11.5 Å². The molecule has 1 aliphatic heterocycles. The highest BCUT2D eigenvalue weighted by molar-refractivity contribution is 5.85. The van der Waals surface area contributed by atoms with E-state index in [1.165, 1.54) is 31.7 Å². The number of hydrogen-bond acceptors (Lipinski definition) is 3. The van der Waals surface area contributed by atoms with E-state index < -0.39 is 17.6 Å². The summed E-state index contributed by atoms with van der Waals surface area (Å²) < 4.78 is 63.9. The molecule has 1 N–H and O–H groups in total. The molecule has 0 saturated heterocycles. The first-order valence-corrected chi connectivity index (χ1v) is 11.3. The molecule has 184 valence electrons. The Hall–Kier alpha value is -1.99. The Bertz CT molecular complexity index is 891. The fraction of sp³-hybridized carbons (Fsp3) is 0.520. The molecular weight excluding hydrogens is 458 g/mol. The first kappa shape index (κ1) is 27.3. The highest BCUT2D eigenvalue weighted by Crippen LogP contribution is 2.39. The molecule has 2 atom stereocenters. The third-order valence-corrected chi connectivity index (χ3v) is 5.91. The van der Waals surface area contributed by atoms with Gasteiger partial charge in [0, 0.05) is 30.6 Å². The van der Waals surface area contributed by atoms with Crippen molar-refractivity contribution in [1.82, 2.24) is 5.32 Å². The zero-order valence-corrected chi connectivity index (χ0v) is 19.8. The maximum Gasteiger partial charge on any atom is 0.419 e. The summed E-state index contributed by atoms with van der Waals surface area (Å²) in [5.41, 5.74) is 0.196. The lowest BCUT2D eigenvalue weighted by atomic mass is 9.93. The number of nitrogens with one attached hydrogen (secondary N) is 1. The molecule has 0 aromatic heterocycles. The van der Waals surface area contributed by atoms with Crippen LogP contribution in [0, 0.1) is 5.82 Å². The molecule has 0 fully saturated rings. The van der Waals surface area contributed by atoms with Crippen molar-refractivity contribution >= 4 is 12.4 Å². The summed E-state index contributed by atoms with van der Waals surface area (Å²) in [6.07, 6.45) is 2.93. The second-order valence-corrected chi connectivity index (χ2v) is 8.33. The largest absolute Gasteiger partial charge is 0.497 e. The summed E-state index contributed by atoms with van der Waals surface area (Å²) in [6.45, 7) is 2.45. The van der Waals surface area contributed by atoms with Crippen LogP contribution in [-0.4, -0.2) is 13.2 Å². The van der Waals surface area contributed by atoms with Gasteiger partial charge in [0.25, 0.3) is 0 Å². The average molecular weight is 490 g/mol. The maximum atomic E-state index is 13.9. The molecule has 0 amide bonds. The molecule has 3 nitrogen and oxygen atoms in total. The first-order valence-electron chi connectivity index (χ1n) is 11.3. The Morgan fingerprint density at radius 1 is 1.06 bits per heavy atom. The van der Waals surface area contributed by atoms with Gasteiger partial charge in [0.1, 0.15) is 23.4 Å². The highest BCUT2D eigenvalue weighted by atomic mass is 35.5. The van der Waals surface area contributed by atoms with Crippen LogP contribution < -0.4 is 14.8 Å². The molecule has 0 bridgehead atoms. The van der Waals surface area contributed by atoms with Crippen LogP contribution in [0.5, 0.6) is 11.5 Å². The van der Waals surface area contributed by atoms with Crippen LogP contribution in [0.3, 0.4) is 0 Å². The third-order valence-electron chi connectivity index (χ3n) is 5.91. The molecule has 0 aliphatic carbocycles. The van der Waals surface area contributed by atoms with E-state index in [2.05, 4.69) is 12.2 Å². The molecule has 2 aromatic carbocycles. The van der Waals surface area contributed by atoms with E-state index in [0.717, 1.165) is 42.7 Å². The number of benzene rings is 2. The molecule has 0 spiro atoms. The fourth-order valence-corrected chi connectivity index (χ4v) is 4.13. The second-order valence-electron chi connectivity index (χ2n) is 8.33. The Morgan fingerprint density at radius 3 is 2.48 bits per heavy atom. The quantitative estimate of drug-likeness (QED) is 0.275. The van der Waals surface area contributed by atoms with Gasteiger partial charge in [0.05, 0.1) is 12.7 Å². The number of unbranched alkanes of at least 4 members (excludes halogenated alkanes) is 4. The summed E-state index contributed by atoms with van der Waals surface area (Å²) in [4.78, 5) is 0. The minimum atomic E-state index is -4.70. The van der Waals surface area contributed by atoms with Crippen LogP contribution in [0.15, 0.2) is 36.4 Å². The molecule has 3 rings (SSSR count). The number of methoxy groups -OCH3 is 1. The van der Waals surface area contributed by atoms with Crippen molar-refractivity contribution in [2.45, 2.75) is 76.7 Å². The van der Waals surface area contributed by atoms with E-state index in [-0.39, 0.29) is 31.1 Å². The summed E-state index contributed by atoms with van der Waals surface area (Å²) >= 11 is 0. The number of hydrogen-bond donors (Lipinski definition) is 1. The fourth-order valence-electron chi connectivity index (χ4n) is 4.13. The van der Waals surface area contributed by atoms with Crippen LogP contribution in [0.4, 0.5) is 17.6 Å². The van der Waals surface area contributed by atoms with E-state index in [1.807, 2.05) is 18.2 Å². The van der Waals surface area contributed by atoms with Gasteiger partial charge in [-0.05, 0) is 36.6 Å². The SMILES string of the molecule is CCCCCCCC1CC(NCc2ccc(C(F)(F)F)c(F)c2)c2ccc(OC)cc2O1.Cl. The van der Waals surface area contributed by atoms with E-state index in [9.17, 15) is 17.6 Å². The Kier molecular flexibility index (Phi) is 10.3. The van der Waals surface area contributed by atoms with E-state index in [1.54, 1.807) is 7.11 Å². The van der Waals surface area contributed by atoms with E-state index >= 15 is 0 Å². The zero-order valence-electron chi connectivity index (χ0n) is 19.0. The summed E-state index contributed by atoms with van der Waals surface area (Å²) in [5, 5.41) is 3.39. The predicted octanol–water partition coefficient (Wildman–Crippen LogP) is 7.62. The molecule has 8 heteroatoms. The van der Waals surface area contributed by atoms with E-state index in [0.29, 0.717) is 11.3 Å². The number of ether oxygens (including phenoxy) is 2. The Labute approximate surface area is 199 Å². The van der Waals surface area contributed by atoms with Gasteiger partial charge in [-0.2, -0.15) is 13.2 Å². The topological polar surface area (TPSA) is 30.5 Å². The standard InChI is InChI=1S/C25H31F4NO2.ClH/c1-3-4-5-6-7-8-19-14-23(20-11-10-18(31-2)15-24(20)32-19)30-16-17-9-12-21(22(26)13-17)25(27,28)29;/h9-13,15,19,23,30H,3-8,14,16H2,1-2H3;1H. The van der Waals surface area contributed by atoms with Crippen molar-refractivity contribution in [1.29, 1.82) is 0 Å². The van der Waals surface area contributed by atoms with Crippen molar-refractivity contribution in [3.05, 3.63) is 58.9 Å². The summed E-state index contributed by atoms with van der Waals surface area (Å²) in [7, 11) is 1.60. The molecule has 1 aliphatic rings. The Morgan fingerprint density at radius 2 is 1.82 bits per heavy atom. The van der Waals surface area contributed by atoms with Crippen LogP contribution in [0.1, 0.15) is 74.6 Å². The van der Waals surface area contributed by atoms with Gasteiger partial charge in [-0.1, -0.05) is 44.7 Å². The predicted molar refractivity (Wildman–Crippen MR) is 124 cm³/mol. The van der Waals surface area contributed by atoms with Gasteiger partial charge in [0.15, 0.2) is 0 Å². The monoisotopic (exact) mass is 489 g/mol. The number of alkyl halides is 3. The summed E-state index contributed by atoms with van der Waals surface area (Å²) in [5.74, 6) is 0.208. The normalized spacial score (nSPS) is 17.6. The number of rotatable bonds is 10. The van der Waals surface area contributed by atoms with Gasteiger partial charge in [-0.15, -0.1) is 12.4 Å². The molecular formula is C25H32ClF4NO2. The van der Waals surface area contributed by atoms with Crippen molar-refractivity contribution in [3.63, 3.8) is 0 Å². The van der Waals surface area contributed by atoms with Crippen LogP contribution >= 0.6 is 12.4 Å². The van der Waals surface area contributed by atoms with E-state index in [4.69, 9.17) is 9.47 Å². The average Bonchev–Trinajstić information content (AvgIpc) is 2.76.